The fourth-order valence-electron chi connectivity index (χ4n) is 9.96. The van der Waals surface area contributed by atoms with Gasteiger partial charge in [0.25, 0.3) is 0 Å². The number of aliphatic imine (C=N–C) groups is 1. The maximum absolute atomic E-state index is 13.8. The number of fused-ring (bicyclic) bond motifs is 2. The number of benzene rings is 2. The topological polar surface area (TPSA) is 142 Å². The summed E-state index contributed by atoms with van der Waals surface area (Å²) in [4.78, 5) is 58.9. The number of ether oxygens (including phenoxy) is 1. The Morgan fingerprint density at radius 3 is 2.31 bits per heavy atom. The molecule has 2 unspecified atom stereocenters. The summed E-state index contributed by atoms with van der Waals surface area (Å²) in [5, 5.41) is 6.01. The van der Waals surface area contributed by atoms with Gasteiger partial charge >= 0.3 is 6.09 Å². The van der Waals surface area contributed by atoms with E-state index in [1.807, 2.05) is 43.4 Å². The molecule has 11 nitrogen and oxygen atoms in total. The van der Waals surface area contributed by atoms with Crippen molar-refractivity contribution in [1.82, 2.24) is 30.5 Å². The zero-order valence-electron chi connectivity index (χ0n) is 34.2. The molecule has 2 aromatic carbocycles. The lowest BCUT2D eigenvalue weighted by atomic mass is 9.75. The summed E-state index contributed by atoms with van der Waals surface area (Å²) < 4.78 is 4.77. The number of rotatable bonds is 12. The van der Waals surface area contributed by atoms with Crippen molar-refractivity contribution in [3.8, 4) is 22.4 Å². The number of carbonyl (C=O) groups excluding carboxylic acids is 3. The molecule has 0 spiro atoms. The van der Waals surface area contributed by atoms with E-state index in [2.05, 4.69) is 89.0 Å². The van der Waals surface area contributed by atoms with Gasteiger partial charge in [0.1, 0.15) is 11.9 Å². The SMILES string of the molecule is COC(=O)N[C@H](C(=O)N1CCC[C@H]1c1ncc(-c2ccc(-c3ccc(C4=CN=C([C@H]5C6CCC(C6)[C@@H]5C(=O)NCc5cccnc5C(C)C)C4)cc3)cc2)[nH]1)C(C)C. The van der Waals surface area contributed by atoms with E-state index in [-0.39, 0.29) is 35.6 Å². The predicted molar refractivity (Wildman–Crippen MR) is 225 cm³/mol. The third-order valence-electron chi connectivity index (χ3n) is 12.9. The van der Waals surface area contributed by atoms with Gasteiger partial charge in [-0.2, -0.15) is 0 Å². The van der Waals surface area contributed by atoms with Crippen molar-refractivity contribution in [2.75, 3.05) is 13.7 Å². The van der Waals surface area contributed by atoms with Crippen LogP contribution in [0.4, 0.5) is 4.79 Å². The van der Waals surface area contributed by atoms with Crippen molar-refractivity contribution >= 4 is 29.2 Å². The molecule has 4 aliphatic rings. The highest BCUT2D eigenvalue weighted by Gasteiger charge is 2.52. The lowest BCUT2D eigenvalue weighted by Crippen LogP contribution is -2.51. The molecule has 11 heteroatoms. The molecule has 3 fully saturated rings. The summed E-state index contributed by atoms with van der Waals surface area (Å²) in [5.74, 6) is 2.11. The van der Waals surface area contributed by atoms with E-state index >= 15 is 0 Å². The number of amides is 3. The largest absolute Gasteiger partial charge is 0.453 e. The van der Waals surface area contributed by atoms with Gasteiger partial charge in [0.15, 0.2) is 0 Å². The summed E-state index contributed by atoms with van der Waals surface area (Å²) in [6.45, 7) is 9.23. The summed E-state index contributed by atoms with van der Waals surface area (Å²) in [6, 6.07) is 20.3. The van der Waals surface area contributed by atoms with E-state index in [0.29, 0.717) is 30.8 Å². The molecular formula is C47H55N7O4. The Morgan fingerprint density at radius 2 is 1.60 bits per heavy atom. The smallest absolute Gasteiger partial charge is 0.407 e. The molecule has 302 valence electrons. The van der Waals surface area contributed by atoms with Gasteiger partial charge in [0.2, 0.25) is 11.8 Å². The number of methoxy groups -OCH3 is 1. The highest BCUT2D eigenvalue weighted by Crippen LogP contribution is 2.54. The first kappa shape index (κ1) is 39.3. The minimum atomic E-state index is -0.674. The molecule has 58 heavy (non-hydrogen) atoms. The van der Waals surface area contributed by atoms with E-state index in [4.69, 9.17) is 14.7 Å². The normalized spacial score (nSPS) is 22.9. The van der Waals surface area contributed by atoms with Crippen LogP contribution in [0.2, 0.25) is 0 Å². The number of nitrogens with zero attached hydrogens (tertiary/aromatic N) is 4. The second-order valence-electron chi connectivity index (χ2n) is 17.1. The van der Waals surface area contributed by atoms with E-state index in [1.165, 1.54) is 19.1 Å². The number of pyridine rings is 1. The van der Waals surface area contributed by atoms with Gasteiger partial charge in [0.05, 0.1) is 25.0 Å². The van der Waals surface area contributed by atoms with Crippen molar-refractivity contribution in [2.45, 2.75) is 90.8 Å². The molecule has 2 aliphatic carbocycles. The van der Waals surface area contributed by atoms with Crippen LogP contribution in [0, 0.1) is 29.6 Å². The maximum Gasteiger partial charge on any atom is 0.407 e. The summed E-state index contributed by atoms with van der Waals surface area (Å²) in [6.07, 6.45) is 10.9. The van der Waals surface area contributed by atoms with E-state index in [9.17, 15) is 14.4 Å². The Labute approximate surface area is 341 Å². The van der Waals surface area contributed by atoms with Crippen LogP contribution >= 0.6 is 0 Å². The second kappa shape index (κ2) is 16.7. The van der Waals surface area contributed by atoms with Gasteiger partial charge in [-0.1, -0.05) is 82.3 Å². The van der Waals surface area contributed by atoms with Crippen LogP contribution in [-0.2, 0) is 20.9 Å². The van der Waals surface area contributed by atoms with Crippen LogP contribution in [0.5, 0.6) is 0 Å². The van der Waals surface area contributed by atoms with Crippen molar-refractivity contribution in [1.29, 1.82) is 0 Å². The maximum atomic E-state index is 13.8. The zero-order valence-corrected chi connectivity index (χ0v) is 34.2. The molecule has 2 aliphatic heterocycles. The first-order valence-electron chi connectivity index (χ1n) is 21.0. The number of likely N-dealkylation sites (tertiary alicyclic amines) is 1. The second-order valence-corrected chi connectivity index (χ2v) is 17.1. The quantitative estimate of drug-likeness (QED) is 0.132. The fraction of sp³-hybridized carbons (Fsp3) is 0.447. The number of hydrogen-bond acceptors (Lipinski definition) is 7. The number of aromatic amines is 1. The van der Waals surface area contributed by atoms with Gasteiger partial charge in [-0.3, -0.25) is 19.6 Å². The summed E-state index contributed by atoms with van der Waals surface area (Å²) in [5.41, 5.74) is 9.79. The number of carbonyl (C=O) groups is 3. The van der Waals surface area contributed by atoms with Gasteiger partial charge < -0.3 is 25.3 Å². The Hall–Kier alpha value is -5.58. The van der Waals surface area contributed by atoms with Crippen molar-refractivity contribution in [3.63, 3.8) is 0 Å². The van der Waals surface area contributed by atoms with Gasteiger partial charge in [-0.05, 0) is 95.2 Å². The van der Waals surface area contributed by atoms with Crippen LogP contribution in [0.15, 0.2) is 84.2 Å². The molecule has 2 bridgehead atoms. The minimum Gasteiger partial charge on any atom is -0.453 e. The average molecular weight is 782 g/mol. The number of aromatic nitrogens is 3. The number of imidazole rings is 1. The Morgan fingerprint density at radius 1 is 0.897 bits per heavy atom. The first-order valence-corrected chi connectivity index (χ1v) is 21.0. The van der Waals surface area contributed by atoms with Crippen LogP contribution in [0.25, 0.3) is 28.0 Å². The number of nitrogens with one attached hydrogen (secondary N) is 3. The molecule has 2 saturated carbocycles. The van der Waals surface area contributed by atoms with Gasteiger partial charge in [-0.25, -0.2) is 9.78 Å². The summed E-state index contributed by atoms with van der Waals surface area (Å²) in [7, 11) is 1.30. The molecule has 3 amide bonds. The van der Waals surface area contributed by atoms with Crippen LogP contribution in [0.3, 0.4) is 0 Å². The molecule has 6 atom stereocenters. The number of H-pyrrole nitrogens is 1. The van der Waals surface area contributed by atoms with Gasteiger partial charge in [0, 0.05) is 55.1 Å². The molecule has 0 radical (unpaired) electrons. The average Bonchev–Trinajstić information content (AvgIpc) is 4.10. The Kier molecular flexibility index (Phi) is 11.3. The van der Waals surface area contributed by atoms with E-state index < -0.39 is 12.1 Å². The van der Waals surface area contributed by atoms with E-state index in [1.54, 1.807) is 0 Å². The molecule has 2 aromatic heterocycles. The molecule has 4 heterocycles. The van der Waals surface area contributed by atoms with Crippen molar-refractivity contribution in [2.24, 2.45) is 34.6 Å². The molecule has 8 rings (SSSR count). The Bertz CT molecular complexity index is 2210. The highest BCUT2D eigenvalue weighted by molar-refractivity contribution is 6.02. The fourth-order valence-corrected chi connectivity index (χ4v) is 9.96. The van der Waals surface area contributed by atoms with Crippen molar-refractivity contribution in [3.05, 3.63) is 102 Å². The number of alkyl carbamates (subject to hydrolysis) is 1. The minimum absolute atomic E-state index is 0.0240. The third-order valence-corrected chi connectivity index (χ3v) is 12.9. The molecule has 4 aromatic rings. The van der Waals surface area contributed by atoms with Crippen LogP contribution < -0.4 is 10.6 Å². The number of hydrogen-bond donors (Lipinski definition) is 3. The zero-order chi connectivity index (χ0) is 40.5. The van der Waals surface area contributed by atoms with Crippen molar-refractivity contribution < 1.29 is 19.1 Å². The Balaban J connectivity index is 0.887. The van der Waals surface area contributed by atoms with Crippen LogP contribution in [0.1, 0.15) is 101 Å². The molecular weight excluding hydrogens is 727 g/mol. The summed E-state index contributed by atoms with van der Waals surface area (Å²) >= 11 is 0. The van der Waals surface area contributed by atoms with E-state index in [0.717, 1.165) is 82.8 Å². The predicted octanol–water partition coefficient (Wildman–Crippen LogP) is 8.47. The lowest BCUT2D eigenvalue weighted by molar-refractivity contribution is -0.135. The lowest BCUT2D eigenvalue weighted by Gasteiger charge is -2.30. The first-order chi connectivity index (χ1) is 28.1. The molecule has 3 N–H and O–H groups in total. The number of allylic oxidation sites excluding steroid dienone is 1. The monoisotopic (exact) mass is 781 g/mol. The standard InChI is InChI=1S/C47H55N7O4/c1-27(2)42-35(8-6-20-48-42)24-51-45(55)41-34-19-18-33(22-34)40(41)37-23-36(25-49-37)31-12-10-29(11-13-31)30-14-16-32(17-15-30)38-26-50-44(52-38)39-9-7-21-54(39)46(56)43(28(3)4)53-47(57)58-5/h6,8,10-17,20,25-28,33-34,39-41,43H,7,9,18-19,21-24H2,1-5H3,(H,50,52)(H,51,55)(H,53,57)/t33?,34?,39-,40+,41-,43-/m0/s1. The van der Waals surface area contributed by atoms with Gasteiger partial charge in [-0.15, -0.1) is 0 Å². The highest BCUT2D eigenvalue weighted by atomic mass is 16.5. The molecule has 1 saturated heterocycles. The third kappa shape index (κ3) is 7.83. The van der Waals surface area contributed by atoms with Crippen LogP contribution in [-0.4, -0.2) is 63.2 Å².